The molecule has 28 heavy (non-hydrogen) atoms. The Morgan fingerprint density at radius 2 is 2.04 bits per heavy atom. The Morgan fingerprint density at radius 1 is 1.18 bits per heavy atom. The minimum atomic E-state index is -0.0117. The quantitative estimate of drug-likeness (QED) is 0.761. The fraction of sp³-hybridized carbons (Fsp3) is 0.409. The lowest BCUT2D eigenvalue weighted by Crippen LogP contribution is -2.32. The molecule has 0 bridgehead atoms. The van der Waals surface area contributed by atoms with Crippen molar-refractivity contribution in [3.8, 4) is 0 Å². The lowest BCUT2D eigenvalue weighted by atomic mass is 10.1. The summed E-state index contributed by atoms with van der Waals surface area (Å²) in [7, 11) is 0. The highest BCUT2D eigenvalue weighted by atomic mass is 16.3. The average Bonchev–Trinajstić information content (AvgIpc) is 3.31. The maximum Gasteiger partial charge on any atom is 0.259 e. The normalized spacial score (nSPS) is 21.8. The molecule has 0 radical (unpaired) electrons. The Hall–Kier alpha value is -2.73. The summed E-state index contributed by atoms with van der Waals surface area (Å²) in [4.78, 5) is 24.1. The molecule has 1 aromatic carbocycles. The number of rotatable bonds is 3. The summed E-state index contributed by atoms with van der Waals surface area (Å²) in [6, 6.07) is 9.76. The Morgan fingerprint density at radius 3 is 2.82 bits per heavy atom. The zero-order chi connectivity index (χ0) is 19.1. The highest BCUT2D eigenvalue weighted by Gasteiger charge is 2.31. The summed E-state index contributed by atoms with van der Waals surface area (Å²) in [5, 5.41) is 10.5. The van der Waals surface area contributed by atoms with E-state index >= 15 is 0 Å². The standard InChI is InChI=1S/C22H24N4O2/c27-13-15-8-9-18(11-15)26-12-17-7-4-10-25(20-19(17)21(26)24-14-23-20)22(28)16-5-2-1-3-6-16/h1-3,5-6,12,14-15,18,27H,4,7-11,13H2/t15-,18?/m1/s1. The van der Waals surface area contributed by atoms with E-state index in [1.807, 2.05) is 35.2 Å². The van der Waals surface area contributed by atoms with E-state index in [1.165, 1.54) is 5.56 Å². The highest BCUT2D eigenvalue weighted by Crippen LogP contribution is 2.40. The number of nitrogens with zero attached hydrogens (tertiary/aromatic N) is 4. The number of aliphatic hydroxyl groups excluding tert-OH is 1. The molecule has 2 aromatic heterocycles. The second-order valence-electron chi connectivity index (χ2n) is 7.90. The molecule has 2 aliphatic rings. The number of carbonyl (C=O) groups excluding carboxylic acids is 1. The number of aliphatic hydroxyl groups is 1. The van der Waals surface area contributed by atoms with Crippen LogP contribution in [0.15, 0.2) is 42.9 Å². The Balaban J connectivity index is 1.59. The molecule has 3 aromatic rings. The zero-order valence-corrected chi connectivity index (χ0v) is 15.8. The van der Waals surface area contributed by atoms with Gasteiger partial charge in [-0.2, -0.15) is 0 Å². The number of aromatic nitrogens is 3. The third kappa shape index (κ3) is 2.79. The third-order valence-electron chi connectivity index (χ3n) is 6.18. The van der Waals surface area contributed by atoms with Gasteiger partial charge in [-0.25, -0.2) is 9.97 Å². The molecule has 0 saturated heterocycles. The Bertz CT molecular complexity index is 1010. The number of anilines is 1. The number of carbonyl (C=O) groups is 1. The van der Waals surface area contributed by atoms with Crippen molar-refractivity contribution in [3.63, 3.8) is 0 Å². The molecule has 1 unspecified atom stereocenters. The summed E-state index contributed by atoms with van der Waals surface area (Å²) < 4.78 is 2.27. The number of aryl methyl sites for hydroxylation is 1. The van der Waals surface area contributed by atoms with E-state index in [4.69, 9.17) is 0 Å². The van der Waals surface area contributed by atoms with E-state index < -0.39 is 0 Å². The van der Waals surface area contributed by atoms with Crippen LogP contribution in [0.4, 0.5) is 5.82 Å². The van der Waals surface area contributed by atoms with Crippen molar-refractivity contribution < 1.29 is 9.90 Å². The topological polar surface area (TPSA) is 71.2 Å². The fourth-order valence-corrected chi connectivity index (χ4v) is 4.75. The van der Waals surface area contributed by atoms with Gasteiger partial charge in [0, 0.05) is 31.0 Å². The number of benzene rings is 1. The maximum absolute atomic E-state index is 13.2. The SMILES string of the molecule is O=C(c1ccccc1)N1CCCc2cn(C3CC[C@@H](CO)C3)c3ncnc1c23. The van der Waals surface area contributed by atoms with E-state index in [0.717, 1.165) is 49.0 Å². The predicted molar refractivity (Wildman–Crippen MR) is 107 cm³/mol. The van der Waals surface area contributed by atoms with Gasteiger partial charge in [0.15, 0.2) is 0 Å². The average molecular weight is 376 g/mol. The van der Waals surface area contributed by atoms with E-state index in [-0.39, 0.29) is 12.5 Å². The molecule has 5 rings (SSSR count). The van der Waals surface area contributed by atoms with Gasteiger partial charge in [-0.3, -0.25) is 9.69 Å². The van der Waals surface area contributed by atoms with Crippen LogP contribution in [0.3, 0.4) is 0 Å². The summed E-state index contributed by atoms with van der Waals surface area (Å²) in [6.07, 6.45) is 8.69. The molecule has 1 saturated carbocycles. The molecule has 0 spiro atoms. The molecule has 1 fully saturated rings. The van der Waals surface area contributed by atoms with Crippen molar-refractivity contribution in [1.82, 2.24) is 14.5 Å². The van der Waals surface area contributed by atoms with Crippen LogP contribution < -0.4 is 4.90 Å². The third-order valence-corrected chi connectivity index (χ3v) is 6.18. The highest BCUT2D eigenvalue weighted by molar-refractivity contribution is 6.10. The van der Waals surface area contributed by atoms with Crippen molar-refractivity contribution in [2.45, 2.75) is 38.1 Å². The van der Waals surface area contributed by atoms with Crippen molar-refractivity contribution in [2.24, 2.45) is 5.92 Å². The molecular weight excluding hydrogens is 352 g/mol. The first-order chi connectivity index (χ1) is 13.8. The van der Waals surface area contributed by atoms with Gasteiger partial charge in [0.2, 0.25) is 0 Å². The number of hydrogen-bond acceptors (Lipinski definition) is 4. The van der Waals surface area contributed by atoms with E-state index in [9.17, 15) is 9.90 Å². The van der Waals surface area contributed by atoms with Crippen molar-refractivity contribution in [2.75, 3.05) is 18.1 Å². The first kappa shape index (κ1) is 17.4. The maximum atomic E-state index is 13.2. The summed E-state index contributed by atoms with van der Waals surface area (Å²) in [5.74, 6) is 1.08. The minimum Gasteiger partial charge on any atom is -0.396 e. The van der Waals surface area contributed by atoms with Crippen molar-refractivity contribution in [1.29, 1.82) is 0 Å². The largest absolute Gasteiger partial charge is 0.396 e. The second-order valence-corrected chi connectivity index (χ2v) is 7.90. The fourth-order valence-electron chi connectivity index (χ4n) is 4.75. The molecule has 6 nitrogen and oxygen atoms in total. The second kappa shape index (κ2) is 7.02. The molecule has 2 atom stereocenters. The van der Waals surface area contributed by atoms with Gasteiger partial charge in [-0.15, -0.1) is 0 Å². The van der Waals surface area contributed by atoms with Crippen LogP contribution in [0.2, 0.25) is 0 Å². The van der Waals surface area contributed by atoms with Crippen LogP contribution in [-0.4, -0.2) is 38.7 Å². The molecule has 144 valence electrons. The van der Waals surface area contributed by atoms with Crippen molar-refractivity contribution >= 4 is 22.8 Å². The van der Waals surface area contributed by atoms with E-state index in [2.05, 4.69) is 20.7 Å². The van der Waals surface area contributed by atoms with Crippen LogP contribution in [0.5, 0.6) is 0 Å². The Kier molecular flexibility index (Phi) is 4.36. The summed E-state index contributed by atoms with van der Waals surface area (Å²) in [5.41, 5.74) is 2.82. The van der Waals surface area contributed by atoms with Gasteiger partial charge in [0.25, 0.3) is 5.91 Å². The minimum absolute atomic E-state index is 0.0117. The van der Waals surface area contributed by atoms with Crippen molar-refractivity contribution in [3.05, 3.63) is 54.0 Å². The molecule has 1 aliphatic heterocycles. The number of hydrogen-bond donors (Lipinski definition) is 1. The van der Waals surface area contributed by atoms with Crippen LogP contribution in [0.1, 0.15) is 47.6 Å². The lowest BCUT2D eigenvalue weighted by molar-refractivity contribution is 0.0986. The van der Waals surface area contributed by atoms with Crippen LogP contribution >= 0.6 is 0 Å². The summed E-state index contributed by atoms with van der Waals surface area (Å²) >= 11 is 0. The first-order valence-corrected chi connectivity index (χ1v) is 10.1. The van der Waals surface area contributed by atoms with Gasteiger partial charge < -0.3 is 9.67 Å². The van der Waals surface area contributed by atoms with Gasteiger partial charge in [-0.1, -0.05) is 18.2 Å². The van der Waals surface area contributed by atoms with Crippen LogP contribution in [0, 0.1) is 5.92 Å². The van der Waals surface area contributed by atoms with E-state index in [0.29, 0.717) is 24.1 Å². The smallest absolute Gasteiger partial charge is 0.259 e. The predicted octanol–water partition coefficient (Wildman–Crippen LogP) is 3.36. The summed E-state index contributed by atoms with van der Waals surface area (Å²) in [6.45, 7) is 0.909. The van der Waals surface area contributed by atoms with Gasteiger partial charge in [0.05, 0.1) is 5.39 Å². The van der Waals surface area contributed by atoms with Crippen LogP contribution in [-0.2, 0) is 6.42 Å². The first-order valence-electron chi connectivity index (χ1n) is 10.1. The molecule has 1 amide bonds. The molecule has 6 heteroatoms. The Labute approximate surface area is 163 Å². The zero-order valence-electron chi connectivity index (χ0n) is 15.8. The molecule has 3 heterocycles. The number of amides is 1. The molecular formula is C22H24N4O2. The van der Waals surface area contributed by atoms with Crippen LogP contribution in [0.25, 0.3) is 11.0 Å². The molecule has 1 N–H and O–H groups in total. The molecule has 1 aliphatic carbocycles. The lowest BCUT2D eigenvalue weighted by Gasteiger charge is -2.21. The van der Waals surface area contributed by atoms with Gasteiger partial charge >= 0.3 is 0 Å². The van der Waals surface area contributed by atoms with E-state index in [1.54, 1.807) is 6.33 Å². The van der Waals surface area contributed by atoms with Gasteiger partial charge in [-0.05, 0) is 55.7 Å². The monoisotopic (exact) mass is 376 g/mol. The van der Waals surface area contributed by atoms with Gasteiger partial charge in [0.1, 0.15) is 17.8 Å².